The molecule has 2 saturated heterocycles. The van der Waals surface area contributed by atoms with Crippen LogP contribution in [0.1, 0.15) is 29.1 Å². The molecule has 1 amide bonds. The van der Waals surface area contributed by atoms with Gasteiger partial charge in [-0.25, -0.2) is 0 Å². The van der Waals surface area contributed by atoms with Crippen molar-refractivity contribution in [3.8, 4) is 0 Å². The number of hydrogen-bond donors (Lipinski definition) is 1. The van der Waals surface area contributed by atoms with Crippen LogP contribution in [0.3, 0.4) is 0 Å². The molecule has 0 spiro atoms. The zero-order valence-electron chi connectivity index (χ0n) is 9.98. The maximum atomic E-state index is 12.2. The van der Waals surface area contributed by atoms with E-state index in [1.54, 1.807) is 6.07 Å². The van der Waals surface area contributed by atoms with Gasteiger partial charge >= 0.3 is 0 Å². The number of fused-ring (bicyclic) bond motifs is 1. The number of carbonyl (C=O) groups excluding carboxylic acids is 1. The highest BCUT2D eigenvalue weighted by Crippen LogP contribution is 2.26. The Kier molecular flexibility index (Phi) is 2.63. The fourth-order valence-electron chi connectivity index (χ4n) is 2.83. The first-order valence-corrected chi connectivity index (χ1v) is 6.20. The molecule has 1 aromatic heterocycles. The molecule has 1 aromatic rings. The summed E-state index contributed by atoms with van der Waals surface area (Å²) in [5.74, 6) is 0.944. The molecule has 3 heterocycles. The summed E-state index contributed by atoms with van der Waals surface area (Å²) in [7, 11) is 0. The molecule has 0 aliphatic carbocycles. The van der Waals surface area contributed by atoms with E-state index < -0.39 is 0 Å². The van der Waals surface area contributed by atoms with Crippen LogP contribution in [0.5, 0.6) is 0 Å². The van der Waals surface area contributed by atoms with Gasteiger partial charge in [-0.3, -0.25) is 4.79 Å². The number of nitrogens with one attached hydrogen (secondary N) is 1. The van der Waals surface area contributed by atoms with Crippen LogP contribution in [0, 0.1) is 12.8 Å². The van der Waals surface area contributed by atoms with Crippen molar-refractivity contribution in [1.29, 1.82) is 0 Å². The first-order chi connectivity index (χ1) is 8.24. The van der Waals surface area contributed by atoms with E-state index in [-0.39, 0.29) is 5.91 Å². The highest BCUT2D eigenvalue weighted by atomic mass is 16.5. The summed E-state index contributed by atoms with van der Waals surface area (Å²) >= 11 is 0. The molecule has 5 heteroatoms. The van der Waals surface area contributed by atoms with Crippen molar-refractivity contribution in [1.82, 2.24) is 15.4 Å². The highest BCUT2D eigenvalue weighted by molar-refractivity contribution is 5.91. The SMILES string of the molecule is Cc1cc(C(=O)N2CC3CCCNC3C2)on1. The molecule has 2 unspecified atom stereocenters. The van der Waals surface area contributed by atoms with E-state index in [4.69, 9.17) is 4.52 Å². The average Bonchev–Trinajstić information content (AvgIpc) is 2.93. The standard InChI is InChI=1S/C12H17N3O2/c1-8-5-11(17-14-8)12(16)15-6-9-3-2-4-13-10(9)7-15/h5,9-10,13H,2-4,6-7H2,1H3. The van der Waals surface area contributed by atoms with Crippen LogP contribution >= 0.6 is 0 Å². The Balaban J connectivity index is 1.71. The molecule has 0 saturated carbocycles. The largest absolute Gasteiger partial charge is 0.351 e. The maximum absolute atomic E-state index is 12.2. The number of aromatic nitrogens is 1. The number of aryl methyl sites for hydroxylation is 1. The summed E-state index contributed by atoms with van der Waals surface area (Å²) in [4.78, 5) is 14.1. The third-order valence-electron chi connectivity index (χ3n) is 3.73. The minimum atomic E-state index is -0.0261. The second-order valence-electron chi connectivity index (χ2n) is 5.01. The quantitative estimate of drug-likeness (QED) is 0.782. The summed E-state index contributed by atoms with van der Waals surface area (Å²) in [6, 6.07) is 2.18. The fraction of sp³-hybridized carbons (Fsp3) is 0.667. The average molecular weight is 235 g/mol. The second-order valence-corrected chi connectivity index (χ2v) is 5.01. The number of nitrogens with zero attached hydrogens (tertiary/aromatic N) is 2. The molecule has 0 bridgehead atoms. The number of rotatable bonds is 1. The molecule has 2 fully saturated rings. The lowest BCUT2D eigenvalue weighted by molar-refractivity contribution is 0.0744. The van der Waals surface area contributed by atoms with Gasteiger partial charge in [-0.2, -0.15) is 0 Å². The van der Waals surface area contributed by atoms with E-state index in [0.717, 1.165) is 25.3 Å². The molecule has 0 aromatic carbocycles. The number of hydrogen-bond acceptors (Lipinski definition) is 4. The van der Waals surface area contributed by atoms with E-state index in [1.807, 2.05) is 11.8 Å². The topological polar surface area (TPSA) is 58.4 Å². The fourth-order valence-corrected chi connectivity index (χ4v) is 2.83. The van der Waals surface area contributed by atoms with Crippen LogP contribution in [0.4, 0.5) is 0 Å². The molecule has 2 aliphatic heterocycles. The van der Waals surface area contributed by atoms with Crippen LogP contribution < -0.4 is 5.32 Å². The summed E-state index contributed by atoms with van der Waals surface area (Å²) in [6.45, 7) is 4.54. The van der Waals surface area contributed by atoms with Gasteiger partial charge < -0.3 is 14.7 Å². The summed E-state index contributed by atoms with van der Waals surface area (Å²) in [5, 5.41) is 7.24. The van der Waals surface area contributed by atoms with E-state index in [0.29, 0.717) is 17.7 Å². The van der Waals surface area contributed by atoms with Crippen molar-refractivity contribution in [3.63, 3.8) is 0 Å². The molecule has 3 rings (SSSR count). The molecule has 2 atom stereocenters. The normalized spacial score (nSPS) is 28.2. The minimum Gasteiger partial charge on any atom is -0.351 e. The Morgan fingerprint density at radius 3 is 3.18 bits per heavy atom. The molecule has 5 nitrogen and oxygen atoms in total. The Bertz CT molecular complexity index is 415. The summed E-state index contributed by atoms with van der Waals surface area (Å²) in [6.07, 6.45) is 2.43. The van der Waals surface area contributed by atoms with E-state index >= 15 is 0 Å². The lowest BCUT2D eigenvalue weighted by Crippen LogP contribution is -2.41. The summed E-state index contributed by atoms with van der Waals surface area (Å²) in [5.41, 5.74) is 0.753. The molecular weight excluding hydrogens is 218 g/mol. The minimum absolute atomic E-state index is 0.0261. The van der Waals surface area contributed by atoms with E-state index in [9.17, 15) is 4.79 Å². The van der Waals surface area contributed by atoms with Gasteiger partial charge in [0.25, 0.3) is 5.91 Å². The van der Waals surface area contributed by atoms with Crippen molar-refractivity contribution in [3.05, 3.63) is 17.5 Å². The predicted octanol–water partition coefficient (Wildman–Crippen LogP) is 0.807. The van der Waals surface area contributed by atoms with Gasteiger partial charge in [0.1, 0.15) is 0 Å². The number of piperidine rings is 1. The molecule has 0 radical (unpaired) electrons. The zero-order valence-corrected chi connectivity index (χ0v) is 9.98. The van der Waals surface area contributed by atoms with Crippen molar-refractivity contribution < 1.29 is 9.32 Å². The lowest BCUT2D eigenvalue weighted by atomic mass is 9.94. The van der Waals surface area contributed by atoms with Crippen molar-refractivity contribution in [2.45, 2.75) is 25.8 Å². The number of carbonyl (C=O) groups is 1. The monoisotopic (exact) mass is 235 g/mol. The summed E-state index contributed by atoms with van der Waals surface area (Å²) < 4.78 is 5.03. The van der Waals surface area contributed by atoms with Gasteiger partial charge in [-0.1, -0.05) is 5.16 Å². The molecule has 1 N–H and O–H groups in total. The Morgan fingerprint density at radius 2 is 2.47 bits per heavy atom. The smallest absolute Gasteiger partial charge is 0.292 e. The second kappa shape index (κ2) is 4.14. The Labute approximate surface area is 100 Å². The third kappa shape index (κ3) is 1.95. The maximum Gasteiger partial charge on any atom is 0.292 e. The van der Waals surface area contributed by atoms with Gasteiger partial charge in [-0.05, 0) is 32.2 Å². The number of likely N-dealkylation sites (tertiary alicyclic amines) is 1. The van der Waals surface area contributed by atoms with Gasteiger partial charge in [-0.15, -0.1) is 0 Å². The predicted molar refractivity (Wildman–Crippen MR) is 61.7 cm³/mol. The van der Waals surface area contributed by atoms with Crippen LogP contribution in [0.15, 0.2) is 10.6 Å². The third-order valence-corrected chi connectivity index (χ3v) is 3.73. The first-order valence-electron chi connectivity index (χ1n) is 6.20. The Hall–Kier alpha value is -1.36. The number of amides is 1. The van der Waals surface area contributed by atoms with E-state index in [1.165, 1.54) is 12.8 Å². The first kappa shape index (κ1) is 10.8. The lowest BCUT2D eigenvalue weighted by Gasteiger charge is -2.24. The van der Waals surface area contributed by atoms with Crippen molar-refractivity contribution in [2.75, 3.05) is 19.6 Å². The van der Waals surface area contributed by atoms with Gasteiger partial charge in [0.05, 0.1) is 5.69 Å². The zero-order chi connectivity index (χ0) is 11.8. The van der Waals surface area contributed by atoms with Gasteiger partial charge in [0.15, 0.2) is 0 Å². The van der Waals surface area contributed by atoms with Crippen LogP contribution in [-0.4, -0.2) is 41.6 Å². The molecular formula is C12H17N3O2. The molecule has 2 aliphatic rings. The van der Waals surface area contributed by atoms with Crippen molar-refractivity contribution in [2.24, 2.45) is 5.92 Å². The van der Waals surface area contributed by atoms with Crippen LogP contribution in [0.25, 0.3) is 0 Å². The Morgan fingerprint density at radius 1 is 1.59 bits per heavy atom. The molecule has 92 valence electrons. The van der Waals surface area contributed by atoms with Crippen LogP contribution in [0.2, 0.25) is 0 Å². The van der Waals surface area contributed by atoms with Crippen LogP contribution in [-0.2, 0) is 0 Å². The van der Waals surface area contributed by atoms with Gasteiger partial charge in [0.2, 0.25) is 5.76 Å². The van der Waals surface area contributed by atoms with E-state index in [2.05, 4.69) is 10.5 Å². The molecule has 17 heavy (non-hydrogen) atoms. The highest BCUT2D eigenvalue weighted by Gasteiger charge is 2.37. The van der Waals surface area contributed by atoms with Crippen molar-refractivity contribution >= 4 is 5.91 Å². The van der Waals surface area contributed by atoms with Gasteiger partial charge in [0, 0.05) is 25.2 Å².